The minimum Gasteiger partial charge on any atom is -0.480 e. The summed E-state index contributed by atoms with van der Waals surface area (Å²) in [7, 11) is 0. The minimum atomic E-state index is -0.944. The molecule has 3 aromatic rings. The van der Waals surface area contributed by atoms with Crippen molar-refractivity contribution < 1.29 is 19.5 Å². The van der Waals surface area contributed by atoms with Crippen molar-refractivity contribution in [1.82, 2.24) is 0 Å². The molecule has 0 aromatic heterocycles. The number of carboxylic acids is 1. The maximum atomic E-state index is 13.0. The molecule has 35 heavy (non-hydrogen) atoms. The number of carbonyl (C=O) groups is 3. The highest BCUT2D eigenvalue weighted by atomic mass is 16.4. The van der Waals surface area contributed by atoms with Crippen molar-refractivity contribution in [3.05, 3.63) is 84.4 Å². The number of hydrogen-bond donors (Lipinski definition) is 2. The van der Waals surface area contributed by atoms with Crippen LogP contribution in [0.5, 0.6) is 0 Å². The number of benzene rings is 3. The van der Waals surface area contributed by atoms with E-state index < -0.39 is 11.9 Å². The van der Waals surface area contributed by atoms with E-state index in [9.17, 15) is 19.5 Å². The fourth-order valence-electron chi connectivity index (χ4n) is 4.38. The molecule has 0 bridgehead atoms. The average Bonchev–Trinajstić information content (AvgIpc) is 3.25. The number of rotatable bonds is 8. The van der Waals surface area contributed by atoms with Gasteiger partial charge in [-0.05, 0) is 53.9 Å². The van der Waals surface area contributed by atoms with Crippen LogP contribution in [0, 0.1) is 5.92 Å². The van der Waals surface area contributed by atoms with Crippen molar-refractivity contribution in [3.8, 4) is 0 Å². The molecular weight excluding hydrogens is 442 g/mol. The van der Waals surface area contributed by atoms with Crippen molar-refractivity contribution in [1.29, 1.82) is 0 Å². The van der Waals surface area contributed by atoms with Crippen molar-refractivity contribution in [2.45, 2.75) is 26.2 Å². The molecule has 1 heterocycles. The third-order valence-electron chi connectivity index (χ3n) is 6.15. The van der Waals surface area contributed by atoms with Gasteiger partial charge in [0.2, 0.25) is 11.8 Å². The number of nitrogens with zero attached hydrogens (tertiary/aromatic N) is 2. The molecule has 0 spiro atoms. The Labute approximate surface area is 205 Å². The van der Waals surface area contributed by atoms with Gasteiger partial charge in [0.1, 0.15) is 6.54 Å². The summed E-state index contributed by atoms with van der Waals surface area (Å²) in [6.07, 6.45) is 0.163. The van der Waals surface area contributed by atoms with E-state index in [1.807, 2.05) is 54.6 Å². The van der Waals surface area contributed by atoms with Gasteiger partial charge in [-0.15, -0.1) is 0 Å². The first-order valence-corrected chi connectivity index (χ1v) is 11.7. The van der Waals surface area contributed by atoms with E-state index in [1.54, 1.807) is 34.1 Å². The minimum absolute atomic E-state index is 0.0548. The smallest absolute Gasteiger partial charge is 0.323 e. The Kier molecular flexibility index (Phi) is 7.15. The Hall–Kier alpha value is -4.13. The van der Waals surface area contributed by atoms with Gasteiger partial charge in [0.25, 0.3) is 0 Å². The zero-order valence-corrected chi connectivity index (χ0v) is 19.8. The van der Waals surface area contributed by atoms with E-state index in [0.29, 0.717) is 17.9 Å². The summed E-state index contributed by atoms with van der Waals surface area (Å²) in [5.41, 5.74) is 4.01. The number of carboxylic acid groups (broad SMARTS) is 1. The molecule has 3 aromatic carbocycles. The standard InChI is InChI=1S/C28H29N3O4/c1-19(2)24-10-6-7-11-25(24)31-17-20(16-26(31)32)28(35)29-21-12-14-23(15-13-21)30(18-27(33)34)22-8-4-3-5-9-22/h3-15,19-20H,16-18H2,1-2H3,(H,29,35)(H,33,34). The van der Waals surface area contributed by atoms with Crippen LogP contribution in [0.2, 0.25) is 0 Å². The summed E-state index contributed by atoms with van der Waals surface area (Å²) >= 11 is 0. The van der Waals surface area contributed by atoms with E-state index >= 15 is 0 Å². The van der Waals surface area contributed by atoms with Crippen LogP contribution in [-0.2, 0) is 14.4 Å². The van der Waals surface area contributed by atoms with Crippen LogP contribution >= 0.6 is 0 Å². The van der Waals surface area contributed by atoms with E-state index in [2.05, 4.69) is 19.2 Å². The molecular formula is C28H29N3O4. The van der Waals surface area contributed by atoms with Crippen LogP contribution in [0.25, 0.3) is 0 Å². The third-order valence-corrected chi connectivity index (χ3v) is 6.15. The molecule has 2 amide bonds. The van der Waals surface area contributed by atoms with Crippen LogP contribution in [0.15, 0.2) is 78.9 Å². The molecule has 0 radical (unpaired) electrons. The van der Waals surface area contributed by atoms with Gasteiger partial charge in [-0.2, -0.15) is 0 Å². The van der Waals surface area contributed by atoms with Crippen molar-refractivity contribution in [3.63, 3.8) is 0 Å². The first-order valence-electron chi connectivity index (χ1n) is 11.7. The Morgan fingerprint density at radius 3 is 2.26 bits per heavy atom. The molecule has 0 aliphatic carbocycles. The van der Waals surface area contributed by atoms with Crippen LogP contribution in [0.1, 0.15) is 31.7 Å². The normalized spacial score (nSPS) is 15.3. The van der Waals surface area contributed by atoms with Crippen molar-refractivity contribution in [2.24, 2.45) is 5.92 Å². The lowest BCUT2D eigenvalue weighted by molar-refractivity contribution is -0.135. The van der Waals surface area contributed by atoms with Gasteiger partial charge in [0, 0.05) is 35.7 Å². The van der Waals surface area contributed by atoms with Crippen LogP contribution < -0.4 is 15.1 Å². The third kappa shape index (κ3) is 5.51. The topological polar surface area (TPSA) is 90.0 Å². The lowest BCUT2D eigenvalue weighted by Crippen LogP contribution is -2.29. The van der Waals surface area contributed by atoms with Crippen LogP contribution in [0.4, 0.5) is 22.7 Å². The summed E-state index contributed by atoms with van der Waals surface area (Å²) in [6.45, 7) is 4.33. The van der Waals surface area contributed by atoms with Gasteiger partial charge in [-0.25, -0.2) is 0 Å². The van der Waals surface area contributed by atoms with E-state index in [4.69, 9.17) is 0 Å². The fraction of sp³-hybridized carbons (Fsp3) is 0.250. The van der Waals surface area contributed by atoms with Crippen molar-refractivity contribution >= 4 is 40.5 Å². The lowest BCUT2D eigenvalue weighted by atomic mass is 10.0. The first kappa shape index (κ1) is 24.0. The fourth-order valence-corrected chi connectivity index (χ4v) is 4.38. The Morgan fingerprint density at radius 2 is 1.60 bits per heavy atom. The molecule has 1 atom stereocenters. The number of para-hydroxylation sites is 2. The Morgan fingerprint density at radius 1 is 0.971 bits per heavy atom. The molecule has 0 saturated carbocycles. The van der Waals surface area contributed by atoms with Gasteiger partial charge >= 0.3 is 5.97 Å². The predicted molar refractivity (Wildman–Crippen MR) is 137 cm³/mol. The second kappa shape index (κ2) is 10.4. The SMILES string of the molecule is CC(C)c1ccccc1N1CC(C(=O)Nc2ccc(N(CC(=O)O)c3ccccc3)cc2)CC1=O. The number of amides is 2. The van der Waals surface area contributed by atoms with Crippen LogP contribution in [0.3, 0.4) is 0 Å². The summed E-state index contributed by atoms with van der Waals surface area (Å²) in [6, 6.07) is 24.1. The molecule has 2 N–H and O–H groups in total. The van der Waals surface area contributed by atoms with Gasteiger partial charge in [0.15, 0.2) is 0 Å². The van der Waals surface area contributed by atoms with Crippen molar-refractivity contribution in [2.75, 3.05) is 28.2 Å². The lowest BCUT2D eigenvalue weighted by Gasteiger charge is -2.23. The van der Waals surface area contributed by atoms with E-state index in [0.717, 1.165) is 16.9 Å². The number of aliphatic carboxylic acids is 1. The average molecular weight is 472 g/mol. The van der Waals surface area contributed by atoms with E-state index in [1.165, 1.54) is 0 Å². The molecule has 180 valence electrons. The summed E-state index contributed by atoms with van der Waals surface area (Å²) in [5, 5.41) is 12.3. The maximum Gasteiger partial charge on any atom is 0.323 e. The van der Waals surface area contributed by atoms with E-state index in [-0.39, 0.29) is 30.7 Å². The summed E-state index contributed by atoms with van der Waals surface area (Å²) in [5.74, 6) is -1.39. The molecule has 1 fully saturated rings. The second-order valence-corrected chi connectivity index (χ2v) is 8.97. The van der Waals surface area contributed by atoms with Gasteiger partial charge in [0.05, 0.1) is 5.92 Å². The predicted octanol–water partition coefficient (Wildman–Crippen LogP) is 5.02. The maximum absolute atomic E-state index is 13.0. The monoisotopic (exact) mass is 471 g/mol. The largest absolute Gasteiger partial charge is 0.480 e. The highest BCUT2D eigenvalue weighted by Crippen LogP contribution is 2.33. The second-order valence-electron chi connectivity index (χ2n) is 8.97. The van der Waals surface area contributed by atoms with Crippen LogP contribution in [-0.4, -0.2) is 36.0 Å². The van der Waals surface area contributed by atoms with Gasteiger partial charge in [-0.3, -0.25) is 14.4 Å². The number of hydrogen-bond acceptors (Lipinski definition) is 4. The molecule has 1 aliphatic rings. The highest BCUT2D eigenvalue weighted by Gasteiger charge is 2.36. The zero-order valence-electron chi connectivity index (χ0n) is 19.8. The molecule has 7 heteroatoms. The zero-order chi connectivity index (χ0) is 24.9. The molecule has 4 rings (SSSR count). The van der Waals surface area contributed by atoms with Gasteiger partial charge in [-0.1, -0.05) is 50.2 Å². The molecule has 1 aliphatic heterocycles. The Bertz CT molecular complexity index is 1210. The van der Waals surface area contributed by atoms with Gasteiger partial charge < -0.3 is 20.2 Å². The number of carbonyl (C=O) groups excluding carboxylic acids is 2. The number of nitrogens with one attached hydrogen (secondary N) is 1. The Balaban J connectivity index is 1.45. The summed E-state index contributed by atoms with van der Waals surface area (Å²) < 4.78 is 0. The first-order chi connectivity index (χ1) is 16.8. The number of anilines is 4. The molecule has 7 nitrogen and oxygen atoms in total. The highest BCUT2D eigenvalue weighted by molar-refractivity contribution is 6.04. The molecule has 1 saturated heterocycles. The quantitative estimate of drug-likeness (QED) is 0.481. The molecule has 1 unspecified atom stereocenters. The summed E-state index contributed by atoms with van der Waals surface area (Å²) in [4.78, 5) is 40.5.